The lowest BCUT2D eigenvalue weighted by atomic mass is 10.0. The number of phenols is 1. The van der Waals surface area contributed by atoms with E-state index >= 15 is 0 Å². The van der Waals surface area contributed by atoms with Gasteiger partial charge in [0.2, 0.25) is 5.91 Å². The number of likely N-dealkylation sites (tertiary alicyclic amines) is 1. The largest absolute Gasteiger partial charge is 0.506 e. The van der Waals surface area contributed by atoms with Crippen LogP contribution in [0.3, 0.4) is 0 Å². The van der Waals surface area contributed by atoms with Crippen LogP contribution in [-0.4, -0.2) is 58.3 Å². The Morgan fingerprint density at radius 2 is 2.00 bits per heavy atom. The van der Waals surface area contributed by atoms with E-state index in [-0.39, 0.29) is 23.6 Å². The summed E-state index contributed by atoms with van der Waals surface area (Å²) in [5.41, 5.74) is 4.09. The summed E-state index contributed by atoms with van der Waals surface area (Å²) in [4.78, 5) is 27.1. The average Bonchev–Trinajstić information content (AvgIpc) is 3.33. The third-order valence-corrected chi connectivity index (χ3v) is 6.83. The number of aromatic nitrogens is 2. The number of fused-ring (bicyclic) bond motifs is 1. The van der Waals surface area contributed by atoms with Crippen molar-refractivity contribution in [2.24, 2.45) is 0 Å². The van der Waals surface area contributed by atoms with Crippen LogP contribution in [-0.2, 0) is 11.3 Å². The van der Waals surface area contributed by atoms with E-state index in [9.17, 15) is 14.7 Å². The maximum absolute atomic E-state index is 13.3. The number of rotatable bonds is 7. The molecule has 38 heavy (non-hydrogen) atoms. The highest BCUT2D eigenvalue weighted by Gasteiger charge is 2.23. The SMILES string of the molecule is COc1ccccc1CN1CCC[C@@H](NC(=O)c2ccc3[nH]nc(-c4ccc(O)c(NC(C)=O)c4)c3c2)C1. The van der Waals surface area contributed by atoms with Crippen molar-refractivity contribution in [3.05, 3.63) is 71.8 Å². The molecule has 1 atom stereocenters. The predicted molar refractivity (Wildman–Crippen MR) is 146 cm³/mol. The van der Waals surface area contributed by atoms with Gasteiger partial charge in [-0.15, -0.1) is 0 Å². The molecule has 1 aliphatic heterocycles. The zero-order valence-electron chi connectivity index (χ0n) is 21.5. The van der Waals surface area contributed by atoms with Gasteiger partial charge in [0.1, 0.15) is 11.5 Å². The normalized spacial score (nSPS) is 15.8. The lowest BCUT2D eigenvalue weighted by Crippen LogP contribution is -2.47. The van der Waals surface area contributed by atoms with Crippen molar-refractivity contribution in [2.75, 3.05) is 25.5 Å². The van der Waals surface area contributed by atoms with Gasteiger partial charge in [0, 0.05) is 48.1 Å². The number of methoxy groups -OCH3 is 1. The molecule has 5 rings (SSSR count). The van der Waals surface area contributed by atoms with Crippen molar-refractivity contribution in [2.45, 2.75) is 32.4 Å². The van der Waals surface area contributed by atoms with Crippen LogP contribution in [0.2, 0.25) is 0 Å². The second kappa shape index (κ2) is 10.9. The molecule has 9 nitrogen and oxygen atoms in total. The summed E-state index contributed by atoms with van der Waals surface area (Å²) in [6.45, 7) is 3.89. The molecule has 1 fully saturated rings. The molecule has 1 saturated heterocycles. The Morgan fingerprint density at radius 3 is 2.82 bits per heavy atom. The fourth-order valence-electron chi connectivity index (χ4n) is 5.01. The molecule has 0 unspecified atom stereocenters. The Morgan fingerprint density at radius 1 is 1.16 bits per heavy atom. The minimum atomic E-state index is -0.285. The highest BCUT2D eigenvalue weighted by molar-refractivity contribution is 6.02. The monoisotopic (exact) mass is 513 g/mol. The number of amides is 2. The Bertz CT molecular complexity index is 1480. The van der Waals surface area contributed by atoms with Gasteiger partial charge in [-0.05, 0) is 61.9 Å². The van der Waals surface area contributed by atoms with E-state index in [1.807, 2.05) is 30.3 Å². The van der Waals surface area contributed by atoms with Crippen LogP contribution in [0, 0.1) is 0 Å². The van der Waals surface area contributed by atoms with Crippen LogP contribution in [0.15, 0.2) is 60.7 Å². The van der Waals surface area contributed by atoms with Gasteiger partial charge in [-0.1, -0.05) is 18.2 Å². The molecule has 3 aromatic carbocycles. The first kappa shape index (κ1) is 25.3. The number of piperidine rings is 1. The third kappa shape index (κ3) is 5.47. The smallest absolute Gasteiger partial charge is 0.251 e. The van der Waals surface area contributed by atoms with Crippen LogP contribution in [0.5, 0.6) is 11.5 Å². The number of carbonyl (C=O) groups excluding carboxylic acids is 2. The molecular weight excluding hydrogens is 482 g/mol. The van der Waals surface area contributed by atoms with E-state index in [0.717, 1.165) is 54.7 Å². The van der Waals surface area contributed by atoms with Gasteiger partial charge in [0.25, 0.3) is 5.91 Å². The first-order valence-corrected chi connectivity index (χ1v) is 12.7. The van der Waals surface area contributed by atoms with Crippen LogP contribution in [0.4, 0.5) is 5.69 Å². The van der Waals surface area contributed by atoms with Crippen LogP contribution >= 0.6 is 0 Å². The first-order valence-electron chi connectivity index (χ1n) is 12.7. The molecule has 4 N–H and O–H groups in total. The maximum atomic E-state index is 13.3. The zero-order valence-corrected chi connectivity index (χ0v) is 21.5. The number of benzene rings is 3. The molecule has 1 aliphatic rings. The minimum Gasteiger partial charge on any atom is -0.506 e. The van der Waals surface area contributed by atoms with Gasteiger partial charge in [-0.3, -0.25) is 19.6 Å². The number of nitrogens with one attached hydrogen (secondary N) is 3. The van der Waals surface area contributed by atoms with Crippen LogP contribution in [0.1, 0.15) is 35.7 Å². The molecule has 4 aromatic rings. The van der Waals surface area contributed by atoms with Gasteiger partial charge in [-0.25, -0.2) is 0 Å². The highest BCUT2D eigenvalue weighted by Crippen LogP contribution is 2.33. The van der Waals surface area contributed by atoms with Crippen molar-refractivity contribution in [3.63, 3.8) is 0 Å². The number of nitrogens with zero attached hydrogens (tertiary/aromatic N) is 2. The Hall–Kier alpha value is -4.37. The maximum Gasteiger partial charge on any atom is 0.251 e. The molecule has 0 bridgehead atoms. The number of H-pyrrole nitrogens is 1. The molecule has 0 radical (unpaired) electrons. The molecule has 2 amide bonds. The van der Waals surface area contributed by atoms with Gasteiger partial charge < -0.3 is 20.5 Å². The predicted octanol–water partition coefficient (Wildman–Crippen LogP) is 4.30. The second-order valence-corrected chi connectivity index (χ2v) is 9.61. The third-order valence-electron chi connectivity index (χ3n) is 6.83. The van der Waals surface area contributed by atoms with Crippen molar-refractivity contribution in [3.8, 4) is 22.8 Å². The summed E-state index contributed by atoms with van der Waals surface area (Å²) in [5.74, 6) is 0.428. The summed E-state index contributed by atoms with van der Waals surface area (Å²) < 4.78 is 5.50. The highest BCUT2D eigenvalue weighted by atomic mass is 16.5. The first-order chi connectivity index (χ1) is 18.4. The van der Waals surface area contributed by atoms with E-state index in [4.69, 9.17) is 4.74 Å². The van der Waals surface area contributed by atoms with E-state index in [2.05, 4.69) is 31.8 Å². The number of aromatic amines is 1. The van der Waals surface area contributed by atoms with E-state index in [1.54, 1.807) is 25.3 Å². The molecule has 0 spiro atoms. The molecule has 2 heterocycles. The number of carbonyl (C=O) groups is 2. The molecule has 196 valence electrons. The number of phenolic OH excluding ortho intramolecular Hbond substituents is 1. The summed E-state index contributed by atoms with van der Waals surface area (Å²) in [7, 11) is 1.68. The van der Waals surface area contributed by atoms with Gasteiger partial charge in [0.05, 0.1) is 24.0 Å². The minimum absolute atomic E-state index is 0.0314. The van der Waals surface area contributed by atoms with Gasteiger partial charge in [-0.2, -0.15) is 5.10 Å². The lowest BCUT2D eigenvalue weighted by Gasteiger charge is -2.33. The molecule has 9 heteroatoms. The Labute approximate surface area is 220 Å². The number of hydrogen-bond donors (Lipinski definition) is 4. The fourth-order valence-corrected chi connectivity index (χ4v) is 5.01. The lowest BCUT2D eigenvalue weighted by molar-refractivity contribution is -0.114. The molecular formula is C29H31N5O4. The summed E-state index contributed by atoms with van der Waals surface area (Å²) in [6.07, 6.45) is 1.93. The molecule has 0 aliphatic carbocycles. The van der Waals surface area contributed by atoms with Gasteiger partial charge >= 0.3 is 0 Å². The standard InChI is InChI=1S/C29H31N5O4/c1-18(35)30-25-15-19(10-12-26(25)36)28-23-14-20(9-11-24(23)32-33-28)29(37)31-22-7-5-13-34(17-22)16-21-6-3-4-8-27(21)38-2/h3-4,6,8-12,14-15,22,36H,5,7,13,16-17H2,1-2H3,(H,30,35)(H,31,37)(H,32,33)/t22-/m1/s1. The van der Waals surface area contributed by atoms with E-state index in [0.29, 0.717) is 22.5 Å². The summed E-state index contributed by atoms with van der Waals surface area (Å²) in [6, 6.07) is 18.4. The van der Waals surface area contributed by atoms with E-state index < -0.39 is 0 Å². The van der Waals surface area contributed by atoms with Crippen molar-refractivity contribution >= 4 is 28.4 Å². The van der Waals surface area contributed by atoms with Crippen molar-refractivity contribution in [1.29, 1.82) is 0 Å². The second-order valence-electron chi connectivity index (χ2n) is 9.61. The quantitative estimate of drug-likeness (QED) is 0.274. The Kier molecular flexibility index (Phi) is 7.28. The number of aromatic hydroxyl groups is 1. The Balaban J connectivity index is 1.32. The summed E-state index contributed by atoms with van der Waals surface area (Å²) >= 11 is 0. The van der Waals surface area contributed by atoms with E-state index in [1.165, 1.54) is 13.0 Å². The van der Waals surface area contributed by atoms with Crippen LogP contribution in [0.25, 0.3) is 22.2 Å². The summed E-state index contributed by atoms with van der Waals surface area (Å²) in [5, 5.41) is 24.1. The van der Waals surface area contributed by atoms with Crippen molar-refractivity contribution in [1.82, 2.24) is 20.4 Å². The topological polar surface area (TPSA) is 120 Å². The molecule has 0 saturated carbocycles. The molecule has 1 aromatic heterocycles. The number of para-hydroxylation sites is 1. The average molecular weight is 514 g/mol. The van der Waals surface area contributed by atoms with Crippen molar-refractivity contribution < 1.29 is 19.4 Å². The fraction of sp³-hybridized carbons (Fsp3) is 0.276. The number of hydrogen-bond acceptors (Lipinski definition) is 6. The number of ether oxygens (including phenoxy) is 1. The van der Waals surface area contributed by atoms with Crippen LogP contribution < -0.4 is 15.4 Å². The number of anilines is 1. The van der Waals surface area contributed by atoms with Gasteiger partial charge in [0.15, 0.2) is 0 Å². The zero-order chi connectivity index (χ0) is 26.6.